The zero-order chi connectivity index (χ0) is 33.0. The highest BCUT2D eigenvalue weighted by atomic mass is 15.2. The molecule has 236 valence electrons. The lowest BCUT2D eigenvalue weighted by atomic mass is 9.82. The number of benzene rings is 7. The van der Waals surface area contributed by atoms with E-state index in [9.17, 15) is 0 Å². The summed E-state index contributed by atoms with van der Waals surface area (Å²) >= 11 is 0. The van der Waals surface area contributed by atoms with Crippen molar-refractivity contribution in [2.45, 2.75) is 12.0 Å². The first kappa shape index (κ1) is 28.6. The van der Waals surface area contributed by atoms with Crippen LogP contribution < -0.4 is 4.90 Å². The van der Waals surface area contributed by atoms with Gasteiger partial charge in [-0.2, -0.15) is 0 Å². The predicted molar refractivity (Wildman–Crippen MR) is 209 cm³/mol. The van der Waals surface area contributed by atoms with Gasteiger partial charge in [0.1, 0.15) is 0 Å². The second-order valence-electron chi connectivity index (χ2n) is 13.3. The second kappa shape index (κ2) is 11.6. The number of hydrogen-bond donors (Lipinski definition) is 0. The lowest BCUT2D eigenvalue weighted by Gasteiger charge is -2.32. The van der Waals surface area contributed by atoms with E-state index in [-0.39, 0.29) is 12.0 Å². The Kier molecular flexibility index (Phi) is 6.67. The van der Waals surface area contributed by atoms with Crippen LogP contribution in [0.15, 0.2) is 188 Å². The number of aromatic nitrogens is 1. The maximum absolute atomic E-state index is 2.58. The quantitative estimate of drug-likeness (QED) is 0.182. The summed E-state index contributed by atoms with van der Waals surface area (Å²) in [6.45, 7) is 0. The Morgan fingerprint density at radius 1 is 0.420 bits per heavy atom. The Hall–Kier alpha value is -6.38. The van der Waals surface area contributed by atoms with Gasteiger partial charge < -0.3 is 9.47 Å². The number of fused-ring (bicyclic) bond motifs is 7. The third-order valence-corrected chi connectivity index (χ3v) is 10.6. The van der Waals surface area contributed by atoms with Crippen LogP contribution in [0.3, 0.4) is 0 Å². The van der Waals surface area contributed by atoms with E-state index in [1.54, 1.807) is 0 Å². The van der Waals surface area contributed by atoms with Crippen LogP contribution in [0, 0.1) is 0 Å². The van der Waals surface area contributed by atoms with Gasteiger partial charge in [-0.05, 0) is 75.4 Å². The average molecular weight is 639 g/mol. The number of rotatable bonds is 5. The molecule has 0 saturated carbocycles. The Morgan fingerprint density at radius 2 is 0.960 bits per heavy atom. The molecule has 2 heterocycles. The van der Waals surface area contributed by atoms with Crippen LogP contribution in [0.4, 0.5) is 11.4 Å². The minimum atomic E-state index is 0.143. The van der Waals surface area contributed by atoms with E-state index in [4.69, 9.17) is 0 Å². The van der Waals surface area contributed by atoms with Crippen molar-refractivity contribution < 1.29 is 0 Å². The van der Waals surface area contributed by atoms with E-state index >= 15 is 0 Å². The molecule has 0 fully saturated rings. The van der Waals surface area contributed by atoms with Crippen LogP contribution in [0.5, 0.6) is 0 Å². The third-order valence-electron chi connectivity index (χ3n) is 10.6. The lowest BCUT2D eigenvalue weighted by molar-refractivity contribution is 0.726. The number of nitrogens with zero attached hydrogens (tertiary/aromatic N) is 2. The fourth-order valence-electron chi connectivity index (χ4n) is 8.36. The van der Waals surface area contributed by atoms with Gasteiger partial charge in [0.15, 0.2) is 0 Å². The average Bonchev–Trinajstić information content (AvgIpc) is 3.71. The van der Waals surface area contributed by atoms with Crippen LogP contribution >= 0.6 is 0 Å². The summed E-state index contributed by atoms with van der Waals surface area (Å²) in [5, 5.41) is 1.32. The molecule has 8 aromatic rings. The Labute approximate surface area is 292 Å². The van der Waals surface area contributed by atoms with Gasteiger partial charge in [-0.25, -0.2) is 0 Å². The summed E-state index contributed by atoms with van der Waals surface area (Å²) in [7, 11) is 0. The van der Waals surface area contributed by atoms with Gasteiger partial charge in [-0.1, -0.05) is 158 Å². The fourth-order valence-corrected chi connectivity index (χ4v) is 8.36. The van der Waals surface area contributed by atoms with Crippen molar-refractivity contribution in [3.05, 3.63) is 205 Å². The molecule has 0 saturated heterocycles. The molecule has 10 rings (SSSR count). The molecule has 1 aromatic heterocycles. The van der Waals surface area contributed by atoms with Gasteiger partial charge in [0, 0.05) is 33.9 Å². The molecule has 1 aliphatic carbocycles. The molecular weight excluding hydrogens is 605 g/mol. The first-order valence-electron chi connectivity index (χ1n) is 17.4. The van der Waals surface area contributed by atoms with E-state index in [1.807, 2.05) is 0 Å². The Balaban J connectivity index is 1.10. The fraction of sp³-hybridized carbons (Fsp3) is 0.0417. The highest BCUT2D eigenvalue weighted by molar-refractivity contribution is 5.95. The molecule has 1 aliphatic heterocycles. The number of para-hydroxylation sites is 3. The standard InChI is InChI=1S/C48H34N2/c1-3-13-33(14-4-1)35-23-25-37(26-24-35)39-17-7-10-20-42(39)50-44-22-12-9-19-41(44)48-46(50)32-31-45-47(48)40-18-8-11-21-43(40)49(45)38-29-27-36(28-30-38)34-15-5-2-6-16-34/h1-32,46,48H. The topological polar surface area (TPSA) is 8.17 Å². The lowest BCUT2D eigenvalue weighted by Crippen LogP contribution is -2.31. The van der Waals surface area contributed by atoms with Gasteiger partial charge in [-0.15, -0.1) is 0 Å². The summed E-state index contributed by atoms with van der Waals surface area (Å²) in [6, 6.07) is 66.3. The van der Waals surface area contributed by atoms with Gasteiger partial charge in [0.05, 0.1) is 17.3 Å². The van der Waals surface area contributed by atoms with Crippen LogP contribution in [0.25, 0.3) is 56.0 Å². The van der Waals surface area contributed by atoms with E-state index in [0.29, 0.717) is 0 Å². The summed E-state index contributed by atoms with van der Waals surface area (Å²) < 4.78 is 2.46. The molecule has 2 unspecified atom stereocenters. The molecule has 2 atom stereocenters. The summed E-state index contributed by atoms with van der Waals surface area (Å²) in [4.78, 5) is 2.58. The van der Waals surface area contributed by atoms with E-state index in [2.05, 4.69) is 204 Å². The highest BCUT2D eigenvalue weighted by Crippen LogP contribution is 2.55. The van der Waals surface area contributed by atoms with E-state index in [1.165, 1.54) is 78.2 Å². The van der Waals surface area contributed by atoms with Crippen molar-refractivity contribution in [2.24, 2.45) is 0 Å². The van der Waals surface area contributed by atoms with Crippen LogP contribution in [0.1, 0.15) is 22.7 Å². The maximum Gasteiger partial charge on any atom is 0.0637 e. The van der Waals surface area contributed by atoms with Crippen LogP contribution in [-0.4, -0.2) is 10.6 Å². The monoisotopic (exact) mass is 638 g/mol. The Morgan fingerprint density at radius 3 is 1.68 bits per heavy atom. The molecule has 0 N–H and O–H groups in total. The SMILES string of the molecule is C1=CC2C(c3ccccc3N2c2ccccc2-c2ccc(-c3ccccc3)cc2)c2c1n(-c1ccc(-c3ccccc3)cc1)c1ccccc21. The normalized spacial score (nSPS) is 15.9. The van der Waals surface area contributed by atoms with Crippen molar-refractivity contribution in [2.75, 3.05) is 4.90 Å². The third kappa shape index (κ3) is 4.49. The summed E-state index contributed by atoms with van der Waals surface area (Å²) in [6.07, 6.45) is 4.81. The minimum absolute atomic E-state index is 0.143. The summed E-state index contributed by atoms with van der Waals surface area (Å²) in [5.74, 6) is 0.189. The largest absolute Gasteiger partial charge is 0.333 e. The molecule has 2 nitrogen and oxygen atoms in total. The predicted octanol–water partition coefficient (Wildman–Crippen LogP) is 12.3. The molecule has 7 aromatic carbocycles. The molecule has 0 spiro atoms. The Bertz CT molecular complexity index is 2520. The molecule has 0 amide bonds. The van der Waals surface area contributed by atoms with Crippen LogP contribution in [-0.2, 0) is 0 Å². The van der Waals surface area contributed by atoms with Crippen LogP contribution in [0.2, 0.25) is 0 Å². The van der Waals surface area contributed by atoms with Crippen molar-refractivity contribution >= 4 is 28.4 Å². The first-order valence-corrected chi connectivity index (χ1v) is 17.4. The van der Waals surface area contributed by atoms with Crippen molar-refractivity contribution in [1.29, 1.82) is 0 Å². The molecule has 0 radical (unpaired) electrons. The molecule has 2 heteroatoms. The molecular formula is C48H34N2. The van der Waals surface area contributed by atoms with Gasteiger partial charge in [0.2, 0.25) is 0 Å². The molecule has 50 heavy (non-hydrogen) atoms. The minimum Gasteiger partial charge on any atom is -0.333 e. The van der Waals surface area contributed by atoms with Gasteiger partial charge in [-0.3, -0.25) is 0 Å². The zero-order valence-corrected chi connectivity index (χ0v) is 27.5. The summed E-state index contributed by atoms with van der Waals surface area (Å²) in [5.41, 5.74) is 16.3. The zero-order valence-electron chi connectivity index (χ0n) is 27.5. The maximum atomic E-state index is 2.58. The van der Waals surface area contributed by atoms with Crippen molar-refractivity contribution in [3.63, 3.8) is 0 Å². The smallest absolute Gasteiger partial charge is 0.0637 e. The molecule has 2 aliphatic rings. The second-order valence-corrected chi connectivity index (χ2v) is 13.3. The van der Waals surface area contributed by atoms with E-state index in [0.717, 1.165) is 0 Å². The van der Waals surface area contributed by atoms with Gasteiger partial charge >= 0.3 is 0 Å². The van der Waals surface area contributed by atoms with Crippen molar-refractivity contribution in [3.8, 4) is 39.1 Å². The van der Waals surface area contributed by atoms with Gasteiger partial charge in [0.25, 0.3) is 0 Å². The number of hydrogen-bond acceptors (Lipinski definition) is 1. The molecule has 0 bridgehead atoms. The first-order chi connectivity index (χ1) is 24.8. The highest BCUT2D eigenvalue weighted by Gasteiger charge is 2.43. The van der Waals surface area contributed by atoms with Crippen molar-refractivity contribution in [1.82, 2.24) is 4.57 Å². The number of anilines is 2. The van der Waals surface area contributed by atoms with E-state index < -0.39 is 0 Å².